The largest absolute Gasteiger partial charge is 0.374 e. The minimum atomic E-state index is 0. The fourth-order valence-electron chi connectivity index (χ4n) is 0.397. The molecule has 0 spiro atoms. The molecule has 0 bridgehead atoms. The first kappa shape index (κ1) is 7.14. The van der Waals surface area contributed by atoms with Crippen LogP contribution in [0.2, 0.25) is 0 Å². The monoisotopic (exact) mass is 144 g/mol. The van der Waals surface area contributed by atoms with E-state index < -0.39 is 0 Å². The molecule has 1 rings (SSSR count). The summed E-state index contributed by atoms with van der Waals surface area (Å²) in [7, 11) is 0. The van der Waals surface area contributed by atoms with Crippen molar-refractivity contribution in [1.82, 2.24) is 0 Å². The molecule has 2 nitrogen and oxygen atoms in total. The van der Waals surface area contributed by atoms with Crippen molar-refractivity contribution in [2.75, 3.05) is 19.8 Å². The van der Waals surface area contributed by atoms with Crippen LogP contribution in [0.4, 0.5) is 0 Å². The Balaban J connectivity index is 0.000000360. The smallest absolute Gasteiger partial charge is 0.0815 e. The van der Waals surface area contributed by atoms with Crippen molar-refractivity contribution in [3.05, 3.63) is 0 Å². The van der Waals surface area contributed by atoms with E-state index >= 15 is 0 Å². The molecule has 3 heteroatoms. The molecular weight excluding hydrogens is 137 g/mol. The number of hydrogen-bond acceptors (Lipinski definition) is 2. The van der Waals surface area contributed by atoms with E-state index in [0.29, 0.717) is 6.61 Å². The molecule has 0 atom stereocenters. The van der Waals surface area contributed by atoms with Crippen LogP contribution < -0.4 is 0 Å². The summed E-state index contributed by atoms with van der Waals surface area (Å²) in [6.45, 7) is 2.36. The zero-order chi connectivity index (χ0) is 4.24. The molecule has 1 aliphatic rings. The fourth-order valence-corrected chi connectivity index (χ4v) is 0.397. The molecule has 1 heterocycles. The number of rotatable bonds is 0. The van der Waals surface area contributed by atoms with Crippen molar-refractivity contribution >= 4 is 6.21 Å². The average molecular weight is 144 g/mol. The Morgan fingerprint density at radius 1 is 1.57 bits per heavy atom. The van der Waals surface area contributed by atoms with Gasteiger partial charge in [-0.1, -0.05) is 0 Å². The third-order valence-electron chi connectivity index (χ3n) is 0.686. The predicted octanol–water partition coefficient (Wildman–Crippen LogP) is 0.0849. The van der Waals surface area contributed by atoms with Crippen LogP contribution in [0.15, 0.2) is 4.99 Å². The van der Waals surface area contributed by atoms with Crippen LogP contribution >= 0.6 is 0 Å². The summed E-state index contributed by atoms with van der Waals surface area (Å²) in [6.07, 6.45) is 1.80. The van der Waals surface area contributed by atoms with Crippen LogP contribution in [0.3, 0.4) is 0 Å². The second kappa shape index (κ2) is 4.30. The van der Waals surface area contributed by atoms with Crippen LogP contribution in [0.1, 0.15) is 0 Å². The average Bonchev–Trinajstić information content (AvgIpc) is 1.72. The fraction of sp³-hybridized carbons (Fsp3) is 0.750. The molecule has 0 fully saturated rings. The number of hydrogen-bond donors (Lipinski definition) is 0. The molecule has 0 aliphatic carbocycles. The molecule has 0 saturated heterocycles. The van der Waals surface area contributed by atoms with Crippen molar-refractivity contribution in [2.45, 2.75) is 0 Å². The minimum Gasteiger partial charge on any atom is -0.374 e. The van der Waals surface area contributed by atoms with E-state index in [-0.39, 0.29) is 16.8 Å². The maximum atomic E-state index is 4.92. The van der Waals surface area contributed by atoms with Gasteiger partial charge in [-0.2, -0.15) is 0 Å². The SMILES string of the molecule is C1=NCCOC1.[Co]. The van der Waals surface area contributed by atoms with Crippen molar-refractivity contribution < 1.29 is 21.5 Å². The van der Waals surface area contributed by atoms with Crippen molar-refractivity contribution in [2.24, 2.45) is 4.99 Å². The first-order valence-electron chi connectivity index (χ1n) is 2.06. The Kier molecular flexibility index (Phi) is 4.38. The number of ether oxygens (including phenoxy) is 1. The summed E-state index contributed by atoms with van der Waals surface area (Å²) in [6, 6.07) is 0. The van der Waals surface area contributed by atoms with E-state index in [0.717, 1.165) is 13.2 Å². The van der Waals surface area contributed by atoms with E-state index in [1.807, 2.05) is 0 Å². The Labute approximate surface area is 53.2 Å². The van der Waals surface area contributed by atoms with E-state index in [1.54, 1.807) is 6.21 Å². The third kappa shape index (κ3) is 2.79. The number of aliphatic imine (C=N–C) groups is 1. The molecule has 0 unspecified atom stereocenters. The molecule has 0 aromatic carbocycles. The summed E-state index contributed by atoms with van der Waals surface area (Å²) in [4.78, 5) is 3.93. The summed E-state index contributed by atoms with van der Waals surface area (Å²) in [5.41, 5.74) is 0. The van der Waals surface area contributed by atoms with Gasteiger partial charge in [0, 0.05) is 23.0 Å². The molecule has 0 aromatic heterocycles. The quantitative estimate of drug-likeness (QED) is 0.472. The summed E-state index contributed by atoms with van der Waals surface area (Å²) < 4.78 is 4.92. The number of nitrogens with zero attached hydrogens (tertiary/aromatic N) is 1. The zero-order valence-corrected chi connectivity index (χ0v) is 4.93. The van der Waals surface area contributed by atoms with Gasteiger partial charge < -0.3 is 4.74 Å². The van der Waals surface area contributed by atoms with Crippen LogP contribution in [0.25, 0.3) is 0 Å². The molecule has 1 aliphatic heterocycles. The molecular formula is C4H7CoNO. The van der Waals surface area contributed by atoms with Gasteiger partial charge in [0.25, 0.3) is 0 Å². The molecule has 7 heavy (non-hydrogen) atoms. The van der Waals surface area contributed by atoms with Crippen molar-refractivity contribution in [1.29, 1.82) is 0 Å². The van der Waals surface area contributed by atoms with E-state index in [4.69, 9.17) is 4.74 Å². The van der Waals surface area contributed by atoms with Gasteiger partial charge in [0.15, 0.2) is 0 Å². The molecule has 0 saturated carbocycles. The predicted molar refractivity (Wildman–Crippen MR) is 24.2 cm³/mol. The van der Waals surface area contributed by atoms with Crippen LogP contribution in [0, 0.1) is 0 Å². The molecule has 43 valence electrons. The molecule has 0 N–H and O–H groups in total. The van der Waals surface area contributed by atoms with Crippen LogP contribution in [0.5, 0.6) is 0 Å². The van der Waals surface area contributed by atoms with Gasteiger partial charge in [0.2, 0.25) is 0 Å². The Morgan fingerprint density at radius 3 is 2.57 bits per heavy atom. The standard InChI is InChI=1S/C4H7NO.Co/c1-3-6-4-2-5-1;/h1H,2-4H2;. The van der Waals surface area contributed by atoms with Gasteiger partial charge in [0.1, 0.15) is 0 Å². The molecule has 0 aromatic rings. The van der Waals surface area contributed by atoms with Gasteiger partial charge in [-0.05, 0) is 0 Å². The van der Waals surface area contributed by atoms with E-state index in [2.05, 4.69) is 4.99 Å². The van der Waals surface area contributed by atoms with Crippen molar-refractivity contribution in [3.8, 4) is 0 Å². The zero-order valence-electron chi connectivity index (χ0n) is 3.89. The first-order chi connectivity index (χ1) is 3.00. The Bertz CT molecular complexity index is 56.7. The first-order valence-corrected chi connectivity index (χ1v) is 2.06. The van der Waals surface area contributed by atoms with Crippen molar-refractivity contribution in [3.63, 3.8) is 0 Å². The molecule has 1 radical (unpaired) electrons. The van der Waals surface area contributed by atoms with Crippen LogP contribution in [-0.2, 0) is 21.5 Å². The maximum Gasteiger partial charge on any atom is 0.0815 e. The van der Waals surface area contributed by atoms with E-state index in [1.165, 1.54) is 0 Å². The van der Waals surface area contributed by atoms with Crippen LogP contribution in [-0.4, -0.2) is 26.0 Å². The maximum absolute atomic E-state index is 4.92. The van der Waals surface area contributed by atoms with E-state index in [9.17, 15) is 0 Å². The van der Waals surface area contributed by atoms with Gasteiger partial charge >= 0.3 is 0 Å². The summed E-state index contributed by atoms with van der Waals surface area (Å²) >= 11 is 0. The van der Waals surface area contributed by atoms with Gasteiger partial charge in [-0.3, -0.25) is 4.99 Å². The van der Waals surface area contributed by atoms with Gasteiger partial charge in [-0.15, -0.1) is 0 Å². The molecule has 0 amide bonds. The summed E-state index contributed by atoms with van der Waals surface area (Å²) in [5.74, 6) is 0. The summed E-state index contributed by atoms with van der Waals surface area (Å²) in [5, 5.41) is 0. The Hall–Kier alpha value is 0.136. The minimum absolute atomic E-state index is 0. The van der Waals surface area contributed by atoms with Gasteiger partial charge in [-0.25, -0.2) is 0 Å². The topological polar surface area (TPSA) is 21.6 Å². The second-order valence-electron chi connectivity index (χ2n) is 1.16. The normalized spacial score (nSPS) is 18.3. The Morgan fingerprint density at radius 2 is 2.43 bits per heavy atom. The second-order valence-corrected chi connectivity index (χ2v) is 1.16. The third-order valence-corrected chi connectivity index (χ3v) is 0.686. The van der Waals surface area contributed by atoms with Gasteiger partial charge in [0.05, 0.1) is 19.8 Å².